The number of hydrogen-bond donors (Lipinski definition) is 2. The average Bonchev–Trinajstić information content (AvgIpc) is 2.94. The second-order valence-electron chi connectivity index (χ2n) is 4.59. The summed E-state index contributed by atoms with van der Waals surface area (Å²) in [6.45, 7) is 3.02. The molecule has 0 aliphatic rings. The number of H-pyrrole nitrogens is 1. The number of aromatic amines is 1. The molecular formula is C15H19N3O2. The van der Waals surface area contributed by atoms with Crippen LogP contribution in [0.3, 0.4) is 0 Å². The van der Waals surface area contributed by atoms with Gasteiger partial charge in [0.1, 0.15) is 5.75 Å². The lowest BCUT2D eigenvalue weighted by Crippen LogP contribution is -2.27. The second kappa shape index (κ2) is 7.33. The van der Waals surface area contributed by atoms with Gasteiger partial charge in [-0.3, -0.25) is 4.79 Å². The van der Waals surface area contributed by atoms with Crippen molar-refractivity contribution in [2.45, 2.75) is 19.8 Å². The van der Waals surface area contributed by atoms with Crippen molar-refractivity contribution in [3.8, 4) is 5.75 Å². The zero-order chi connectivity index (χ0) is 14.2. The highest BCUT2D eigenvalue weighted by Crippen LogP contribution is 2.11. The molecule has 0 spiro atoms. The van der Waals surface area contributed by atoms with Crippen LogP contribution in [0.15, 0.2) is 36.8 Å². The van der Waals surface area contributed by atoms with Gasteiger partial charge in [-0.25, -0.2) is 4.98 Å². The van der Waals surface area contributed by atoms with Crippen molar-refractivity contribution in [2.24, 2.45) is 0 Å². The van der Waals surface area contributed by atoms with E-state index in [4.69, 9.17) is 4.74 Å². The minimum Gasteiger partial charge on any atom is -0.493 e. The van der Waals surface area contributed by atoms with Crippen LogP contribution in [0.1, 0.15) is 17.7 Å². The summed E-state index contributed by atoms with van der Waals surface area (Å²) in [6, 6.07) is 7.79. The van der Waals surface area contributed by atoms with Gasteiger partial charge in [-0.2, -0.15) is 0 Å². The number of amides is 1. The Morgan fingerprint density at radius 3 is 2.85 bits per heavy atom. The standard InChI is InChI=1S/C15H19N3O2/c1-12-2-4-14(5-3-12)20-9-7-15(19)17-8-6-13-10-16-11-18-13/h2-5,10-11H,6-9H2,1H3,(H,16,18)(H,17,19). The Labute approximate surface area is 118 Å². The highest BCUT2D eigenvalue weighted by molar-refractivity contribution is 5.75. The highest BCUT2D eigenvalue weighted by atomic mass is 16.5. The van der Waals surface area contributed by atoms with Gasteiger partial charge in [0.25, 0.3) is 0 Å². The van der Waals surface area contributed by atoms with Gasteiger partial charge in [0, 0.05) is 24.9 Å². The molecule has 106 valence electrons. The van der Waals surface area contributed by atoms with Gasteiger partial charge in [-0.05, 0) is 19.1 Å². The van der Waals surface area contributed by atoms with Crippen molar-refractivity contribution < 1.29 is 9.53 Å². The maximum absolute atomic E-state index is 11.6. The van der Waals surface area contributed by atoms with E-state index in [0.717, 1.165) is 17.9 Å². The molecule has 1 heterocycles. The topological polar surface area (TPSA) is 67.0 Å². The smallest absolute Gasteiger partial charge is 0.223 e. The van der Waals surface area contributed by atoms with E-state index in [9.17, 15) is 4.79 Å². The third kappa shape index (κ3) is 4.76. The van der Waals surface area contributed by atoms with Crippen LogP contribution < -0.4 is 10.1 Å². The van der Waals surface area contributed by atoms with Crippen LogP contribution in [-0.4, -0.2) is 29.0 Å². The molecule has 0 saturated heterocycles. The van der Waals surface area contributed by atoms with Crippen molar-refractivity contribution >= 4 is 5.91 Å². The normalized spacial score (nSPS) is 10.2. The zero-order valence-electron chi connectivity index (χ0n) is 11.6. The lowest BCUT2D eigenvalue weighted by atomic mass is 10.2. The van der Waals surface area contributed by atoms with Gasteiger partial charge < -0.3 is 15.0 Å². The number of benzene rings is 1. The number of carbonyl (C=O) groups excluding carboxylic acids is 1. The fourth-order valence-electron chi connectivity index (χ4n) is 1.74. The summed E-state index contributed by atoms with van der Waals surface area (Å²) in [4.78, 5) is 18.5. The number of nitrogens with zero attached hydrogens (tertiary/aromatic N) is 1. The Balaban J connectivity index is 1.59. The molecule has 2 N–H and O–H groups in total. The molecule has 2 aromatic rings. The van der Waals surface area contributed by atoms with Gasteiger partial charge in [-0.15, -0.1) is 0 Å². The van der Waals surface area contributed by atoms with E-state index in [1.165, 1.54) is 5.56 Å². The van der Waals surface area contributed by atoms with Crippen molar-refractivity contribution in [1.29, 1.82) is 0 Å². The van der Waals surface area contributed by atoms with Crippen LogP contribution in [-0.2, 0) is 11.2 Å². The number of hydrogen-bond acceptors (Lipinski definition) is 3. The first kappa shape index (κ1) is 14.1. The van der Waals surface area contributed by atoms with Crippen LogP contribution in [0.2, 0.25) is 0 Å². The molecule has 1 aromatic carbocycles. The van der Waals surface area contributed by atoms with E-state index in [0.29, 0.717) is 19.6 Å². The summed E-state index contributed by atoms with van der Waals surface area (Å²) in [5.74, 6) is 0.789. The molecule has 0 saturated carbocycles. The predicted molar refractivity (Wildman–Crippen MR) is 76.6 cm³/mol. The number of imidazole rings is 1. The number of ether oxygens (including phenoxy) is 1. The van der Waals surface area contributed by atoms with E-state index in [1.807, 2.05) is 31.2 Å². The third-order valence-corrected chi connectivity index (χ3v) is 2.89. The minimum absolute atomic E-state index is 0.00312. The maximum Gasteiger partial charge on any atom is 0.223 e. The average molecular weight is 273 g/mol. The quantitative estimate of drug-likeness (QED) is 0.809. The highest BCUT2D eigenvalue weighted by Gasteiger charge is 2.02. The summed E-state index contributed by atoms with van der Waals surface area (Å²) in [5.41, 5.74) is 2.20. The minimum atomic E-state index is -0.00312. The molecule has 0 unspecified atom stereocenters. The first-order valence-corrected chi connectivity index (χ1v) is 6.67. The van der Waals surface area contributed by atoms with Gasteiger partial charge in [-0.1, -0.05) is 17.7 Å². The number of aryl methyl sites for hydroxylation is 1. The van der Waals surface area contributed by atoms with Crippen LogP contribution in [0, 0.1) is 6.92 Å². The lowest BCUT2D eigenvalue weighted by Gasteiger charge is -2.07. The monoisotopic (exact) mass is 273 g/mol. The molecule has 0 aliphatic carbocycles. The molecule has 5 nitrogen and oxygen atoms in total. The van der Waals surface area contributed by atoms with E-state index in [1.54, 1.807) is 12.5 Å². The Kier molecular flexibility index (Phi) is 5.17. The SMILES string of the molecule is Cc1ccc(OCCC(=O)NCCc2cnc[nH]2)cc1. The summed E-state index contributed by atoms with van der Waals surface area (Å²) in [5, 5.41) is 2.85. The van der Waals surface area contributed by atoms with Gasteiger partial charge in [0.15, 0.2) is 0 Å². The van der Waals surface area contributed by atoms with Crippen LogP contribution in [0.5, 0.6) is 5.75 Å². The fraction of sp³-hybridized carbons (Fsp3) is 0.333. The second-order valence-corrected chi connectivity index (χ2v) is 4.59. The van der Waals surface area contributed by atoms with Gasteiger partial charge in [0.05, 0.1) is 19.4 Å². The van der Waals surface area contributed by atoms with Crippen molar-refractivity contribution in [2.75, 3.05) is 13.2 Å². The third-order valence-electron chi connectivity index (χ3n) is 2.89. The maximum atomic E-state index is 11.6. The summed E-state index contributed by atoms with van der Waals surface area (Å²) < 4.78 is 5.51. The Hall–Kier alpha value is -2.30. The fourth-order valence-corrected chi connectivity index (χ4v) is 1.74. The van der Waals surface area contributed by atoms with E-state index >= 15 is 0 Å². The Morgan fingerprint density at radius 2 is 2.15 bits per heavy atom. The summed E-state index contributed by atoms with van der Waals surface area (Å²) >= 11 is 0. The molecule has 0 bridgehead atoms. The van der Waals surface area contributed by atoms with Gasteiger partial charge >= 0.3 is 0 Å². The molecular weight excluding hydrogens is 254 g/mol. The zero-order valence-corrected chi connectivity index (χ0v) is 11.6. The lowest BCUT2D eigenvalue weighted by molar-refractivity contribution is -0.121. The molecule has 1 aromatic heterocycles. The molecule has 0 fully saturated rings. The van der Waals surface area contributed by atoms with E-state index in [-0.39, 0.29) is 5.91 Å². The van der Waals surface area contributed by atoms with Crippen molar-refractivity contribution in [3.05, 3.63) is 48.0 Å². The first-order chi connectivity index (χ1) is 9.74. The molecule has 2 rings (SSSR count). The van der Waals surface area contributed by atoms with Crippen LogP contribution >= 0.6 is 0 Å². The van der Waals surface area contributed by atoms with Crippen molar-refractivity contribution in [1.82, 2.24) is 15.3 Å². The molecule has 1 amide bonds. The van der Waals surface area contributed by atoms with Crippen LogP contribution in [0.4, 0.5) is 0 Å². The van der Waals surface area contributed by atoms with Gasteiger partial charge in [0.2, 0.25) is 5.91 Å². The Bertz CT molecular complexity index is 521. The number of aromatic nitrogens is 2. The summed E-state index contributed by atoms with van der Waals surface area (Å²) in [7, 11) is 0. The number of rotatable bonds is 7. The largest absolute Gasteiger partial charge is 0.493 e. The Morgan fingerprint density at radius 1 is 1.35 bits per heavy atom. The predicted octanol–water partition coefficient (Wildman–Crippen LogP) is 1.85. The summed E-state index contributed by atoms with van der Waals surface area (Å²) in [6.07, 6.45) is 4.50. The molecule has 5 heteroatoms. The van der Waals surface area contributed by atoms with Crippen molar-refractivity contribution in [3.63, 3.8) is 0 Å². The molecule has 0 aliphatic heterocycles. The number of carbonyl (C=O) groups is 1. The van der Waals surface area contributed by atoms with E-state index in [2.05, 4.69) is 15.3 Å². The van der Waals surface area contributed by atoms with Crippen LogP contribution in [0.25, 0.3) is 0 Å². The molecule has 0 radical (unpaired) electrons. The number of nitrogens with one attached hydrogen (secondary N) is 2. The molecule has 20 heavy (non-hydrogen) atoms. The first-order valence-electron chi connectivity index (χ1n) is 6.67. The molecule has 0 atom stereocenters. The van der Waals surface area contributed by atoms with E-state index < -0.39 is 0 Å².